The van der Waals surface area contributed by atoms with E-state index in [-0.39, 0.29) is 11.3 Å². The maximum atomic E-state index is 12.8. The van der Waals surface area contributed by atoms with E-state index >= 15 is 0 Å². The molecule has 0 aliphatic rings. The second-order valence-electron chi connectivity index (χ2n) is 9.32. The Hall–Kier alpha value is -3.59. The second kappa shape index (κ2) is 8.88. The molecule has 4 aromatic rings. The molecule has 1 aromatic heterocycles. The lowest BCUT2D eigenvalue weighted by atomic mass is 9.87. The molecule has 0 fully saturated rings. The van der Waals surface area contributed by atoms with Crippen molar-refractivity contribution in [3.8, 4) is 0 Å². The minimum atomic E-state index is -0.0894. The number of hydrogen-bond acceptors (Lipinski definition) is 1. The van der Waals surface area contributed by atoms with Crippen molar-refractivity contribution < 1.29 is 4.79 Å². The van der Waals surface area contributed by atoms with Crippen LogP contribution in [0, 0.1) is 0 Å². The van der Waals surface area contributed by atoms with Crippen LogP contribution in [0.1, 0.15) is 44.4 Å². The first-order valence-corrected chi connectivity index (χ1v) is 11.0. The third-order valence-electron chi connectivity index (χ3n) is 5.75. The van der Waals surface area contributed by atoms with Gasteiger partial charge in [-0.15, -0.1) is 0 Å². The topological polar surface area (TPSA) is 34.0 Å². The molecule has 0 unspecified atom stereocenters. The van der Waals surface area contributed by atoms with Crippen LogP contribution in [0.5, 0.6) is 0 Å². The van der Waals surface area contributed by atoms with Gasteiger partial charge < -0.3 is 9.88 Å². The fourth-order valence-electron chi connectivity index (χ4n) is 3.88. The van der Waals surface area contributed by atoms with E-state index < -0.39 is 0 Å². The van der Waals surface area contributed by atoms with Crippen molar-refractivity contribution >= 4 is 28.6 Å². The summed E-state index contributed by atoms with van der Waals surface area (Å²) >= 11 is 0. The smallest absolute Gasteiger partial charge is 0.251 e. The maximum Gasteiger partial charge on any atom is 0.251 e. The van der Waals surface area contributed by atoms with Gasteiger partial charge >= 0.3 is 0 Å². The van der Waals surface area contributed by atoms with Gasteiger partial charge in [0.05, 0.1) is 0 Å². The van der Waals surface area contributed by atoms with Crippen molar-refractivity contribution in [3.05, 3.63) is 107 Å². The van der Waals surface area contributed by atoms with Crippen molar-refractivity contribution in [3.63, 3.8) is 0 Å². The summed E-state index contributed by atoms with van der Waals surface area (Å²) in [6, 6.07) is 26.8. The molecular weight excluding hydrogens is 392 g/mol. The number of anilines is 1. The highest BCUT2D eigenvalue weighted by atomic mass is 16.1. The van der Waals surface area contributed by atoms with Gasteiger partial charge in [-0.3, -0.25) is 4.79 Å². The quantitative estimate of drug-likeness (QED) is 0.344. The number of nitrogens with zero attached hydrogens (tertiary/aromatic N) is 1. The van der Waals surface area contributed by atoms with Crippen molar-refractivity contribution in [2.45, 2.75) is 39.7 Å². The molecule has 0 radical (unpaired) electrons. The standard InChI is InChI=1S/C29H30N2O/c1-21(28(32)30-25-16-14-24(15-17-25)29(2,3)4)18-23-20-31(19-22-10-6-5-7-11-22)27-13-9-8-12-26(23)27/h5-18,20H,19H2,1-4H3,(H,30,32)/b21-18+. The SMILES string of the molecule is C/C(=C\c1cn(Cc2ccccc2)c2ccccc12)C(=O)Nc1ccc(C(C)(C)C)cc1. The average Bonchev–Trinajstić information content (AvgIpc) is 3.11. The fourth-order valence-corrected chi connectivity index (χ4v) is 3.88. The summed E-state index contributed by atoms with van der Waals surface area (Å²) < 4.78 is 2.24. The normalized spacial score (nSPS) is 12.2. The van der Waals surface area contributed by atoms with Crippen LogP contribution >= 0.6 is 0 Å². The predicted molar refractivity (Wildman–Crippen MR) is 135 cm³/mol. The van der Waals surface area contributed by atoms with Gasteiger partial charge in [0.15, 0.2) is 0 Å². The lowest BCUT2D eigenvalue weighted by Crippen LogP contribution is -2.14. The molecule has 0 atom stereocenters. The Kier molecular flexibility index (Phi) is 6.00. The zero-order valence-electron chi connectivity index (χ0n) is 19.2. The molecular formula is C29H30N2O. The number of carbonyl (C=O) groups excluding carboxylic acids is 1. The van der Waals surface area contributed by atoms with E-state index in [4.69, 9.17) is 0 Å². The van der Waals surface area contributed by atoms with Crippen molar-refractivity contribution in [2.75, 3.05) is 5.32 Å². The van der Waals surface area contributed by atoms with Crippen LogP contribution in [-0.2, 0) is 16.8 Å². The highest BCUT2D eigenvalue weighted by Gasteiger charge is 2.14. The number of carbonyl (C=O) groups is 1. The van der Waals surface area contributed by atoms with Crippen LogP contribution in [0.15, 0.2) is 90.6 Å². The Balaban J connectivity index is 1.57. The van der Waals surface area contributed by atoms with Crippen molar-refractivity contribution in [2.24, 2.45) is 0 Å². The summed E-state index contributed by atoms with van der Waals surface area (Å²) in [6.07, 6.45) is 4.11. The van der Waals surface area contributed by atoms with Crippen LogP contribution in [0.3, 0.4) is 0 Å². The number of para-hydroxylation sites is 1. The third-order valence-corrected chi connectivity index (χ3v) is 5.75. The van der Waals surface area contributed by atoms with Gasteiger partial charge in [0.25, 0.3) is 5.91 Å². The van der Waals surface area contributed by atoms with Crippen LogP contribution in [0.4, 0.5) is 5.69 Å². The average molecular weight is 423 g/mol. The Labute approximate surface area is 190 Å². The third kappa shape index (κ3) is 4.83. The summed E-state index contributed by atoms with van der Waals surface area (Å²) in [5.74, 6) is -0.0894. The number of hydrogen-bond donors (Lipinski definition) is 1. The molecule has 0 spiro atoms. The molecule has 1 N–H and O–H groups in total. The minimum Gasteiger partial charge on any atom is -0.342 e. The number of aromatic nitrogens is 1. The Morgan fingerprint density at radius 2 is 1.56 bits per heavy atom. The van der Waals surface area contributed by atoms with Crippen LogP contribution in [0.25, 0.3) is 17.0 Å². The molecule has 0 saturated carbocycles. The molecule has 3 nitrogen and oxygen atoms in total. The van der Waals surface area contributed by atoms with Crippen LogP contribution < -0.4 is 5.32 Å². The van der Waals surface area contributed by atoms with Gasteiger partial charge in [0.2, 0.25) is 0 Å². The van der Waals surface area contributed by atoms with Gasteiger partial charge in [-0.2, -0.15) is 0 Å². The summed E-state index contributed by atoms with van der Waals surface area (Å²) in [5, 5.41) is 4.16. The Morgan fingerprint density at radius 1 is 0.906 bits per heavy atom. The summed E-state index contributed by atoms with van der Waals surface area (Å²) in [7, 11) is 0. The molecule has 0 aliphatic carbocycles. The largest absolute Gasteiger partial charge is 0.342 e. The summed E-state index contributed by atoms with van der Waals surface area (Å²) in [5.41, 5.74) is 6.27. The van der Waals surface area contributed by atoms with E-state index in [0.29, 0.717) is 5.57 Å². The molecule has 3 aromatic carbocycles. The van der Waals surface area contributed by atoms with Crippen LogP contribution in [0.2, 0.25) is 0 Å². The number of rotatable bonds is 5. The first-order chi connectivity index (χ1) is 15.3. The number of benzene rings is 3. The van der Waals surface area contributed by atoms with E-state index in [1.165, 1.54) is 11.1 Å². The van der Waals surface area contributed by atoms with Crippen LogP contribution in [-0.4, -0.2) is 10.5 Å². The number of fused-ring (bicyclic) bond motifs is 1. The summed E-state index contributed by atoms with van der Waals surface area (Å²) in [4.78, 5) is 12.8. The zero-order valence-corrected chi connectivity index (χ0v) is 19.2. The lowest BCUT2D eigenvalue weighted by Gasteiger charge is -2.19. The zero-order chi connectivity index (χ0) is 22.7. The maximum absolute atomic E-state index is 12.8. The second-order valence-corrected chi connectivity index (χ2v) is 9.32. The highest BCUT2D eigenvalue weighted by Crippen LogP contribution is 2.26. The molecule has 3 heteroatoms. The monoisotopic (exact) mass is 422 g/mol. The van der Waals surface area contributed by atoms with Gasteiger partial charge in [0, 0.05) is 40.5 Å². The molecule has 32 heavy (non-hydrogen) atoms. The van der Waals surface area contributed by atoms with E-state index in [1.54, 1.807) is 0 Å². The minimum absolute atomic E-state index is 0.0894. The number of nitrogens with one attached hydrogen (secondary N) is 1. The number of amides is 1. The molecule has 0 bridgehead atoms. The molecule has 0 saturated heterocycles. The van der Waals surface area contributed by atoms with Gasteiger partial charge in [-0.1, -0.05) is 81.4 Å². The van der Waals surface area contributed by atoms with Gasteiger partial charge in [-0.25, -0.2) is 0 Å². The molecule has 1 heterocycles. The van der Waals surface area contributed by atoms with E-state index in [1.807, 2.05) is 37.3 Å². The predicted octanol–water partition coefficient (Wildman–Crippen LogP) is 7.03. The molecule has 0 aliphatic heterocycles. The molecule has 1 amide bonds. The molecule has 4 rings (SSSR count). The van der Waals surface area contributed by atoms with E-state index in [9.17, 15) is 4.79 Å². The van der Waals surface area contributed by atoms with Gasteiger partial charge in [0.1, 0.15) is 0 Å². The fraction of sp³-hybridized carbons (Fsp3) is 0.207. The van der Waals surface area contributed by atoms with E-state index in [0.717, 1.165) is 28.7 Å². The molecule has 162 valence electrons. The highest BCUT2D eigenvalue weighted by molar-refractivity contribution is 6.07. The van der Waals surface area contributed by atoms with Crippen molar-refractivity contribution in [1.29, 1.82) is 0 Å². The van der Waals surface area contributed by atoms with E-state index in [2.05, 4.69) is 91.4 Å². The van der Waals surface area contributed by atoms with Crippen molar-refractivity contribution in [1.82, 2.24) is 4.57 Å². The first-order valence-electron chi connectivity index (χ1n) is 11.0. The first kappa shape index (κ1) is 21.6. The lowest BCUT2D eigenvalue weighted by molar-refractivity contribution is -0.112. The Bertz CT molecular complexity index is 1260. The summed E-state index contributed by atoms with van der Waals surface area (Å²) in [6.45, 7) is 9.20. The Morgan fingerprint density at radius 3 is 2.25 bits per heavy atom. The van der Waals surface area contributed by atoms with Gasteiger partial charge in [-0.05, 0) is 47.7 Å².